The maximum absolute atomic E-state index is 11.4. The standard InChI is InChI=1S/C22H23NO4S2/c1-2-9-26-19(22(24)25)12-15-3-5-18(6-4-15)27-14-23-20-16(7-10-28-20)13-17-8-11-29-21(17)23/h3-8,10-11,19H,2,9,12-14H2,1H3,(H,24,25). The van der Waals surface area contributed by atoms with Crippen LogP contribution in [-0.4, -0.2) is 30.5 Å². The molecule has 1 aliphatic heterocycles. The molecule has 0 amide bonds. The highest BCUT2D eigenvalue weighted by atomic mass is 32.1. The van der Waals surface area contributed by atoms with Crippen molar-refractivity contribution in [3.63, 3.8) is 0 Å². The van der Waals surface area contributed by atoms with Crippen LogP contribution in [0, 0.1) is 0 Å². The molecule has 0 aliphatic carbocycles. The normalized spacial score (nSPS) is 13.6. The van der Waals surface area contributed by atoms with Gasteiger partial charge in [-0.2, -0.15) is 0 Å². The average Bonchev–Trinajstić information content (AvgIpc) is 3.38. The van der Waals surface area contributed by atoms with Crippen molar-refractivity contribution < 1.29 is 19.4 Å². The molecular weight excluding hydrogens is 406 g/mol. The number of ether oxygens (including phenoxy) is 2. The maximum atomic E-state index is 11.4. The number of carbonyl (C=O) groups is 1. The van der Waals surface area contributed by atoms with Crippen molar-refractivity contribution in [3.05, 3.63) is 63.8 Å². The van der Waals surface area contributed by atoms with Crippen molar-refractivity contribution in [2.45, 2.75) is 32.3 Å². The topological polar surface area (TPSA) is 59.0 Å². The number of carboxylic acid groups (broad SMARTS) is 1. The van der Waals surface area contributed by atoms with E-state index in [4.69, 9.17) is 9.47 Å². The Morgan fingerprint density at radius 3 is 2.34 bits per heavy atom. The lowest BCUT2D eigenvalue weighted by molar-refractivity contribution is -0.150. The largest absolute Gasteiger partial charge is 0.479 e. The van der Waals surface area contributed by atoms with Gasteiger partial charge < -0.3 is 14.6 Å². The predicted molar refractivity (Wildman–Crippen MR) is 117 cm³/mol. The van der Waals surface area contributed by atoms with Gasteiger partial charge in [0.2, 0.25) is 0 Å². The number of rotatable bonds is 9. The van der Waals surface area contributed by atoms with Gasteiger partial charge in [-0.3, -0.25) is 4.90 Å². The highest BCUT2D eigenvalue weighted by molar-refractivity contribution is 7.17. The molecule has 2 aromatic heterocycles. The number of carboxylic acids is 1. The maximum Gasteiger partial charge on any atom is 0.333 e. The van der Waals surface area contributed by atoms with Crippen molar-refractivity contribution in [2.75, 3.05) is 18.2 Å². The van der Waals surface area contributed by atoms with Gasteiger partial charge in [0.1, 0.15) is 15.8 Å². The number of anilines is 2. The fourth-order valence-corrected chi connectivity index (χ4v) is 5.27. The molecule has 3 aromatic rings. The van der Waals surface area contributed by atoms with Gasteiger partial charge in [0.05, 0.1) is 0 Å². The molecule has 152 valence electrons. The fourth-order valence-electron chi connectivity index (χ4n) is 3.37. The minimum atomic E-state index is -0.928. The summed E-state index contributed by atoms with van der Waals surface area (Å²) in [6.45, 7) is 2.85. The van der Waals surface area contributed by atoms with Crippen LogP contribution in [0.4, 0.5) is 10.0 Å². The van der Waals surface area contributed by atoms with Gasteiger partial charge in [-0.05, 0) is 58.1 Å². The second kappa shape index (κ2) is 8.98. The molecule has 7 heteroatoms. The monoisotopic (exact) mass is 429 g/mol. The van der Waals surface area contributed by atoms with Gasteiger partial charge in [0.15, 0.2) is 12.8 Å². The smallest absolute Gasteiger partial charge is 0.333 e. The Morgan fingerprint density at radius 1 is 1.10 bits per heavy atom. The van der Waals surface area contributed by atoms with Gasteiger partial charge >= 0.3 is 5.97 Å². The highest BCUT2D eigenvalue weighted by Gasteiger charge is 2.25. The molecule has 0 saturated heterocycles. The number of hydrogen-bond donors (Lipinski definition) is 1. The van der Waals surface area contributed by atoms with Gasteiger partial charge in [-0.15, -0.1) is 22.7 Å². The van der Waals surface area contributed by atoms with Crippen LogP contribution in [0.1, 0.15) is 30.0 Å². The molecule has 1 aliphatic rings. The first-order valence-corrected chi connectivity index (χ1v) is 11.4. The van der Waals surface area contributed by atoms with Crippen LogP contribution in [0.3, 0.4) is 0 Å². The second-order valence-electron chi connectivity index (χ2n) is 6.93. The van der Waals surface area contributed by atoms with Crippen molar-refractivity contribution >= 4 is 38.6 Å². The fraction of sp³-hybridized carbons (Fsp3) is 0.318. The summed E-state index contributed by atoms with van der Waals surface area (Å²) in [6.07, 6.45) is 1.31. The summed E-state index contributed by atoms with van der Waals surface area (Å²) in [5.41, 5.74) is 3.60. The zero-order valence-corrected chi connectivity index (χ0v) is 17.8. The number of nitrogens with zero attached hydrogens (tertiary/aromatic N) is 1. The molecule has 1 N–H and O–H groups in total. The van der Waals surface area contributed by atoms with Crippen molar-refractivity contribution in [2.24, 2.45) is 0 Å². The van der Waals surface area contributed by atoms with Gasteiger partial charge in [-0.25, -0.2) is 4.79 Å². The lowest BCUT2D eigenvalue weighted by Crippen LogP contribution is -2.26. The van der Waals surface area contributed by atoms with Crippen LogP contribution >= 0.6 is 22.7 Å². The molecule has 1 aromatic carbocycles. The molecule has 3 heterocycles. The van der Waals surface area contributed by atoms with E-state index in [-0.39, 0.29) is 0 Å². The van der Waals surface area contributed by atoms with Gasteiger partial charge in [0, 0.05) is 19.4 Å². The van der Waals surface area contributed by atoms with E-state index in [0.717, 1.165) is 24.2 Å². The minimum absolute atomic E-state index is 0.346. The first-order valence-electron chi connectivity index (χ1n) is 9.62. The van der Waals surface area contributed by atoms with Crippen molar-refractivity contribution in [1.82, 2.24) is 0 Å². The first-order chi connectivity index (χ1) is 14.2. The summed E-state index contributed by atoms with van der Waals surface area (Å²) >= 11 is 3.47. The summed E-state index contributed by atoms with van der Waals surface area (Å²) < 4.78 is 11.5. The summed E-state index contributed by atoms with van der Waals surface area (Å²) in [7, 11) is 0. The summed E-state index contributed by atoms with van der Waals surface area (Å²) in [5, 5.41) is 16.1. The molecule has 1 atom stereocenters. The van der Waals surface area contributed by atoms with Crippen LogP contribution < -0.4 is 9.64 Å². The van der Waals surface area contributed by atoms with E-state index in [0.29, 0.717) is 19.8 Å². The molecular formula is C22H23NO4S2. The van der Waals surface area contributed by atoms with Gasteiger partial charge in [-0.1, -0.05) is 19.1 Å². The molecule has 0 radical (unpaired) electrons. The Balaban J connectivity index is 1.40. The van der Waals surface area contributed by atoms with E-state index >= 15 is 0 Å². The molecule has 0 spiro atoms. The lowest BCUT2D eigenvalue weighted by atomic mass is 10.1. The summed E-state index contributed by atoms with van der Waals surface area (Å²) in [4.78, 5) is 13.6. The van der Waals surface area contributed by atoms with E-state index < -0.39 is 12.1 Å². The zero-order valence-electron chi connectivity index (χ0n) is 16.2. The molecule has 0 bridgehead atoms. The number of benzene rings is 1. The van der Waals surface area contributed by atoms with E-state index in [1.165, 1.54) is 21.1 Å². The third-order valence-corrected chi connectivity index (χ3v) is 6.78. The van der Waals surface area contributed by atoms with Crippen LogP contribution in [0.2, 0.25) is 0 Å². The summed E-state index contributed by atoms with van der Waals surface area (Å²) in [6, 6.07) is 12.0. The van der Waals surface area contributed by atoms with Crippen LogP contribution in [-0.2, 0) is 22.4 Å². The van der Waals surface area contributed by atoms with Crippen molar-refractivity contribution in [3.8, 4) is 5.75 Å². The molecule has 4 rings (SSSR count). The zero-order chi connectivity index (χ0) is 20.2. The van der Waals surface area contributed by atoms with E-state index in [1.54, 1.807) is 22.7 Å². The first kappa shape index (κ1) is 19.9. The van der Waals surface area contributed by atoms with Crippen molar-refractivity contribution in [1.29, 1.82) is 0 Å². The minimum Gasteiger partial charge on any atom is -0.479 e. The Kier molecular flexibility index (Phi) is 6.18. The number of aliphatic carboxylic acids is 1. The van der Waals surface area contributed by atoms with Gasteiger partial charge in [0.25, 0.3) is 0 Å². The number of thiophene rings is 2. The third-order valence-electron chi connectivity index (χ3n) is 4.82. The highest BCUT2D eigenvalue weighted by Crippen LogP contribution is 2.44. The second-order valence-corrected chi connectivity index (χ2v) is 8.72. The number of hydrogen-bond acceptors (Lipinski definition) is 6. The Hall–Kier alpha value is -2.35. The van der Waals surface area contributed by atoms with Crippen LogP contribution in [0.15, 0.2) is 47.2 Å². The molecule has 1 unspecified atom stereocenters. The average molecular weight is 430 g/mol. The quantitative estimate of drug-likeness (QED) is 0.499. The Morgan fingerprint density at radius 2 is 1.76 bits per heavy atom. The number of fused-ring (bicyclic) bond motifs is 2. The Labute approximate surface area is 178 Å². The van der Waals surface area contributed by atoms with E-state index in [9.17, 15) is 9.90 Å². The van der Waals surface area contributed by atoms with Crippen LogP contribution in [0.5, 0.6) is 5.75 Å². The molecule has 29 heavy (non-hydrogen) atoms. The molecule has 0 saturated carbocycles. The molecule has 0 fully saturated rings. The summed E-state index contributed by atoms with van der Waals surface area (Å²) in [5.74, 6) is -0.167. The van der Waals surface area contributed by atoms with E-state index in [2.05, 4.69) is 27.8 Å². The molecule has 5 nitrogen and oxygen atoms in total. The van der Waals surface area contributed by atoms with Crippen LogP contribution in [0.25, 0.3) is 0 Å². The predicted octanol–water partition coefficient (Wildman–Crippen LogP) is 5.31. The Bertz CT molecular complexity index is 923. The third kappa shape index (κ3) is 4.47. The van der Waals surface area contributed by atoms with E-state index in [1.807, 2.05) is 31.2 Å². The SMILES string of the molecule is CCCOC(Cc1ccc(OCN2c3sccc3Cc3ccsc32)cc1)C(=O)O. The lowest BCUT2D eigenvalue weighted by Gasteiger charge is -2.28.